The van der Waals surface area contributed by atoms with Crippen LogP contribution in [0.2, 0.25) is 0 Å². The Labute approximate surface area is 157 Å². The van der Waals surface area contributed by atoms with E-state index in [9.17, 15) is 9.59 Å². The molecule has 1 amide bonds. The first-order valence-corrected chi connectivity index (χ1v) is 9.83. The number of rotatable bonds is 4. The van der Waals surface area contributed by atoms with Gasteiger partial charge in [-0.1, -0.05) is 54.6 Å². The van der Waals surface area contributed by atoms with Crippen molar-refractivity contribution < 1.29 is 14.3 Å². The van der Waals surface area contributed by atoms with Gasteiger partial charge in [-0.3, -0.25) is 4.79 Å². The van der Waals surface area contributed by atoms with Gasteiger partial charge in [0.05, 0.1) is 0 Å². The van der Waals surface area contributed by atoms with Gasteiger partial charge in [0.1, 0.15) is 17.5 Å². The molecule has 2 aromatic rings. The van der Waals surface area contributed by atoms with Gasteiger partial charge in [-0.15, -0.1) is 11.8 Å². The van der Waals surface area contributed by atoms with Gasteiger partial charge in [0.25, 0.3) is 0 Å². The molecule has 2 saturated heterocycles. The number of thioether (sulfide) groups is 1. The normalized spacial score (nSPS) is 24.6. The Balaban J connectivity index is 1.54. The number of aryl methyl sites for hydroxylation is 1. The van der Waals surface area contributed by atoms with Crippen LogP contribution in [0, 0.1) is 6.92 Å². The Morgan fingerprint density at radius 2 is 1.92 bits per heavy atom. The quantitative estimate of drug-likeness (QED) is 0.774. The molecule has 0 spiro atoms. The van der Waals surface area contributed by atoms with E-state index in [2.05, 4.69) is 0 Å². The first-order valence-electron chi connectivity index (χ1n) is 8.84. The average molecular weight is 367 g/mol. The van der Waals surface area contributed by atoms with Gasteiger partial charge in [0.15, 0.2) is 0 Å². The van der Waals surface area contributed by atoms with Crippen molar-refractivity contribution in [3.8, 4) is 0 Å². The van der Waals surface area contributed by atoms with Crippen LogP contribution in [-0.4, -0.2) is 28.6 Å². The standard InChI is InChI=1S/C21H21NO3S/c1-15-7-5-6-8-16(15)13-25-20(24)18-14-26-21(12-11-19(23)22(18)21)17-9-3-2-4-10-17/h2-10,18H,11-14H2,1H3/t18-,21+/m0/s1. The largest absolute Gasteiger partial charge is 0.459 e. The zero-order valence-electron chi connectivity index (χ0n) is 14.7. The molecule has 0 aromatic heterocycles. The van der Waals surface area contributed by atoms with Crippen LogP contribution in [0.1, 0.15) is 29.5 Å². The molecule has 0 radical (unpaired) electrons. The fourth-order valence-electron chi connectivity index (χ4n) is 3.83. The lowest BCUT2D eigenvalue weighted by molar-refractivity contribution is -0.155. The summed E-state index contributed by atoms with van der Waals surface area (Å²) in [6.07, 6.45) is 1.21. The van der Waals surface area contributed by atoms with Gasteiger partial charge in [0, 0.05) is 12.2 Å². The number of nitrogens with zero attached hydrogens (tertiary/aromatic N) is 1. The number of hydrogen-bond acceptors (Lipinski definition) is 4. The van der Waals surface area contributed by atoms with Gasteiger partial charge >= 0.3 is 5.97 Å². The fourth-order valence-corrected chi connectivity index (χ4v) is 5.47. The first kappa shape index (κ1) is 17.2. The molecule has 4 rings (SSSR count). The molecule has 2 heterocycles. The summed E-state index contributed by atoms with van der Waals surface area (Å²) in [6, 6.07) is 17.4. The van der Waals surface area contributed by atoms with Crippen molar-refractivity contribution in [2.45, 2.75) is 37.3 Å². The van der Waals surface area contributed by atoms with Gasteiger partial charge in [-0.05, 0) is 30.0 Å². The second kappa shape index (κ2) is 6.80. The second-order valence-electron chi connectivity index (χ2n) is 6.78. The molecule has 2 fully saturated rings. The molecule has 5 heteroatoms. The minimum atomic E-state index is -0.515. The lowest BCUT2D eigenvalue weighted by Gasteiger charge is -2.33. The van der Waals surface area contributed by atoms with E-state index in [0.717, 1.165) is 23.1 Å². The van der Waals surface area contributed by atoms with E-state index in [1.807, 2.05) is 61.5 Å². The number of ether oxygens (including phenoxy) is 1. The van der Waals surface area contributed by atoms with Crippen molar-refractivity contribution >= 4 is 23.6 Å². The topological polar surface area (TPSA) is 46.6 Å². The van der Waals surface area contributed by atoms with Crippen LogP contribution < -0.4 is 0 Å². The first-order chi connectivity index (χ1) is 12.6. The fraction of sp³-hybridized carbons (Fsp3) is 0.333. The Bertz CT molecular complexity index is 838. The van der Waals surface area contributed by atoms with Crippen molar-refractivity contribution in [1.29, 1.82) is 0 Å². The number of esters is 1. The van der Waals surface area contributed by atoms with Gasteiger partial charge in [-0.2, -0.15) is 0 Å². The molecule has 2 atom stereocenters. The summed E-state index contributed by atoms with van der Waals surface area (Å²) in [5, 5.41) is 0. The Morgan fingerprint density at radius 3 is 2.69 bits per heavy atom. The van der Waals surface area contributed by atoms with Crippen LogP contribution in [0.3, 0.4) is 0 Å². The molecule has 0 saturated carbocycles. The summed E-state index contributed by atoms with van der Waals surface area (Å²) < 4.78 is 5.58. The predicted octanol–water partition coefficient (Wildman–Crippen LogP) is 3.63. The van der Waals surface area contributed by atoms with Crippen LogP contribution in [-0.2, 0) is 25.8 Å². The minimum Gasteiger partial charge on any atom is -0.459 e. The zero-order valence-corrected chi connectivity index (χ0v) is 15.5. The van der Waals surface area contributed by atoms with E-state index in [4.69, 9.17) is 4.74 Å². The molecule has 0 bridgehead atoms. The van der Waals surface area contributed by atoms with Crippen molar-refractivity contribution in [1.82, 2.24) is 4.90 Å². The molecule has 134 valence electrons. The maximum absolute atomic E-state index is 12.8. The molecule has 2 aliphatic heterocycles. The number of carbonyl (C=O) groups is 2. The van der Waals surface area contributed by atoms with E-state index in [-0.39, 0.29) is 18.5 Å². The lowest BCUT2D eigenvalue weighted by Crippen LogP contribution is -2.46. The molecule has 2 aromatic carbocycles. The smallest absolute Gasteiger partial charge is 0.330 e. The van der Waals surface area contributed by atoms with Crippen LogP contribution in [0.5, 0.6) is 0 Å². The zero-order chi connectivity index (χ0) is 18.1. The Kier molecular flexibility index (Phi) is 4.49. The van der Waals surface area contributed by atoms with Gasteiger partial charge in [-0.25, -0.2) is 4.79 Å². The second-order valence-corrected chi connectivity index (χ2v) is 8.07. The van der Waals surface area contributed by atoms with E-state index < -0.39 is 10.9 Å². The Hall–Kier alpha value is -2.27. The van der Waals surface area contributed by atoms with Gasteiger partial charge < -0.3 is 9.64 Å². The molecule has 0 N–H and O–H groups in total. The van der Waals surface area contributed by atoms with Crippen LogP contribution in [0.15, 0.2) is 54.6 Å². The summed E-state index contributed by atoms with van der Waals surface area (Å²) in [7, 11) is 0. The molecular formula is C21H21NO3S. The lowest BCUT2D eigenvalue weighted by atomic mass is 10.0. The SMILES string of the molecule is Cc1ccccc1COC(=O)[C@@H]1CS[C@@]2(c3ccccc3)CCC(=O)N12. The highest BCUT2D eigenvalue weighted by atomic mass is 32.2. The predicted molar refractivity (Wildman–Crippen MR) is 101 cm³/mol. The van der Waals surface area contributed by atoms with Gasteiger partial charge in [0.2, 0.25) is 5.91 Å². The summed E-state index contributed by atoms with van der Waals surface area (Å²) in [5.41, 5.74) is 3.18. The average Bonchev–Trinajstić information content (AvgIpc) is 3.21. The number of benzene rings is 2. The van der Waals surface area contributed by atoms with Crippen LogP contribution in [0.4, 0.5) is 0 Å². The summed E-state index contributed by atoms with van der Waals surface area (Å²) in [5.74, 6) is 0.304. The van der Waals surface area contributed by atoms with Crippen LogP contribution >= 0.6 is 11.8 Å². The summed E-state index contributed by atoms with van der Waals surface area (Å²) >= 11 is 1.68. The summed E-state index contributed by atoms with van der Waals surface area (Å²) in [6.45, 7) is 2.24. The van der Waals surface area contributed by atoms with Crippen LogP contribution in [0.25, 0.3) is 0 Å². The molecule has 4 nitrogen and oxygen atoms in total. The highest BCUT2D eigenvalue weighted by Gasteiger charge is 2.57. The van der Waals surface area contributed by atoms with Crippen molar-refractivity contribution in [2.75, 3.05) is 5.75 Å². The van der Waals surface area contributed by atoms with Crippen molar-refractivity contribution in [3.63, 3.8) is 0 Å². The molecule has 26 heavy (non-hydrogen) atoms. The maximum atomic E-state index is 12.8. The monoisotopic (exact) mass is 367 g/mol. The Morgan fingerprint density at radius 1 is 1.19 bits per heavy atom. The molecule has 0 aliphatic carbocycles. The van der Waals surface area contributed by atoms with Crippen molar-refractivity contribution in [3.05, 3.63) is 71.3 Å². The summed E-state index contributed by atoms with van der Waals surface area (Å²) in [4.78, 5) is 26.7. The highest BCUT2D eigenvalue weighted by molar-refractivity contribution is 8.00. The molecule has 2 aliphatic rings. The van der Waals surface area contributed by atoms with E-state index in [1.165, 1.54) is 0 Å². The minimum absolute atomic E-state index is 0.0386. The number of fused-ring (bicyclic) bond motifs is 1. The number of carbonyl (C=O) groups excluding carboxylic acids is 2. The van der Waals surface area contributed by atoms with E-state index in [0.29, 0.717) is 12.2 Å². The third kappa shape index (κ3) is 2.80. The number of amides is 1. The highest BCUT2D eigenvalue weighted by Crippen LogP contribution is 2.54. The maximum Gasteiger partial charge on any atom is 0.330 e. The molecular weight excluding hydrogens is 346 g/mol. The number of hydrogen-bond donors (Lipinski definition) is 0. The third-order valence-corrected chi connectivity index (χ3v) is 6.85. The third-order valence-electron chi connectivity index (χ3n) is 5.26. The van der Waals surface area contributed by atoms with E-state index >= 15 is 0 Å². The van der Waals surface area contributed by atoms with Crippen molar-refractivity contribution in [2.24, 2.45) is 0 Å². The molecule has 0 unspecified atom stereocenters. The van der Waals surface area contributed by atoms with E-state index in [1.54, 1.807) is 16.7 Å².